The highest BCUT2D eigenvalue weighted by Crippen LogP contribution is 2.31. The van der Waals surface area contributed by atoms with E-state index in [9.17, 15) is 0 Å². The molecule has 2 aliphatic carbocycles. The van der Waals surface area contributed by atoms with E-state index in [4.69, 9.17) is 0 Å². The summed E-state index contributed by atoms with van der Waals surface area (Å²) < 4.78 is 0. The van der Waals surface area contributed by atoms with Crippen LogP contribution < -0.4 is 5.32 Å². The molecule has 2 saturated carbocycles. The van der Waals surface area contributed by atoms with Crippen LogP contribution in [0.2, 0.25) is 0 Å². The number of rotatable bonds is 3. The molecule has 0 saturated heterocycles. The first-order valence-corrected chi connectivity index (χ1v) is 6.50. The minimum Gasteiger partial charge on any atom is -0.313 e. The van der Waals surface area contributed by atoms with E-state index < -0.39 is 0 Å². The van der Waals surface area contributed by atoms with Gasteiger partial charge in [0, 0.05) is 6.04 Å². The molecule has 0 aromatic rings. The molecule has 0 aromatic carbocycles. The third-order valence-electron chi connectivity index (χ3n) is 4.54. The average Bonchev–Trinajstić information content (AvgIpc) is 2.72. The van der Waals surface area contributed by atoms with Crippen molar-refractivity contribution in [1.82, 2.24) is 5.32 Å². The van der Waals surface area contributed by atoms with Crippen LogP contribution in [0.5, 0.6) is 0 Å². The van der Waals surface area contributed by atoms with Gasteiger partial charge in [-0.3, -0.25) is 0 Å². The first-order valence-electron chi connectivity index (χ1n) is 6.50. The smallest absolute Gasteiger partial charge is 0.00928 e. The van der Waals surface area contributed by atoms with E-state index >= 15 is 0 Å². The summed E-state index contributed by atoms with van der Waals surface area (Å²) >= 11 is 0. The summed E-state index contributed by atoms with van der Waals surface area (Å²) in [7, 11) is 0. The fourth-order valence-corrected chi connectivity index (χ4v) is 3.28. The highest BCUT2D eigenvalue weighted by molar-refractivity contribution is 4.83. The fraction of sp³-hybridized carbons (Fsp3) is 1.00. The Morgan fingerprint density at radius 1 is 0.929 bits per heavy atom. The first-order chi connectivity index (χ1) is 6.77. The molecular weight excluding hydrogens is 170 g/mol. The van der Waals surface area contributed by atoms with Gasteiger partial charge < -0.3 is 5.32 Å². The Labute approximate surface area is 88.7 Å². The summed E-state index contributed by atoms with van der Waals surface area (Å²) in [6.45, 7) is 6.12. The van der Waals surface area contributed by atoms with Gasteiger partial charge in [0.15, 0.2) is 0 Å². The van der Waals surface area contributed by atoms with Gasteiger partial charge in [-0.2, -0.15) is 0 Å². The lowest BCUT2D eigenvalue weighted by atomic mass is 9.97. The molecule has 1 N–H and O–H groups in total. The third-order valence-corrected chi connectivity index (χ3v) is 4.54. The summed E-state index contributed by atoms with van der Waals surface area (Å²) in [5.41, 5.74) is 0. The maximum absolute atomic E-state index is 3.80. The maximum Gasteiger partial charge on any atom is 0.00928 e. The van der Waals surface area contributed by atoms with Gasteiger partial charge in [0.1, 0.15) is 0 Å². The van der Waals surface area contributed by atoms with Crippen LogP contribution in [-0.2, 0) is 0 Å². The van der Waals surface area contributed by atoms with E-state index in [1.807, 2.05) is 0 Å². The summed E-state index contributed by atoms with van der Waals surface area (Å²) in [6.07, 6.45) is 8.70. The lowest BCUT2D eigenvalue weighted by molar-refractivity contribution is 0.341. The third kappa shape index (κ3) is 2.31. The van der Waals surface area contributed by atoms with Gasteiger partial charge in [-0.25, -0.2) is 0 Å². The van der Waals surface area contributed by atoms with Gasteiger partial charge in [0.25, 0.3) is 0 Å². The molecule has 0 spiro atoms. The number of hydrogen-bond donors (Lipinski definition) is 1. The number of nitrogens with one attached hydrogen (secondary N) is 1. The van der Waals surface area contributed by atoms with Crippen LogP contribution in [0.4, 0.5) is 0 Å². The number of hydrogen-bond acceptors (Lipinski definition) is 1. The van der Waals surface area contributed by atoms with E-state index in [1.165, 1.54) is 45.1 Å². The Balaban J connectivity index is 1.71. The topological polar surface area (TPSA) is 12.0 Å². The molecule has 1 heteroatoms. The van der Waals surface area contributed by atoms with Crippen LogP contribution in [0.15, 0.2) is 0 Å². The van der Waals surface area contributed by atoms with E-state index in [-0.39, 0.29) is 0 Å². The Morgan fingerprint density at radius 3 is 2.21 bits per heavy atom. The predicted octanol–water partition coefficient (Wildman–Crippen LogP) is 3.20. The summed E-state index contributed by atoms with van der Waals surface area (Å²) in [6, 6.07) is 0.836. The van der Waals surface area contributed by atoms with Crippen molar-refractivity contribution in [1.29, 1.82) is 0 Å². The van der Waals surface area contributed by atoms with Crippen molar-refractivity contribution in [3.05, 3.63) is 0 Å². The van der Waals surface area contributed by atoms with Crippen molar-refractivity contribution in [2.24, 2.45) is 17.8 Å². The normalized spacial score (nSPS) is 43.3. The molecule has 4 atom stereocenters. The first kappa shape index (κ1) is 10.5. The van der Waals surface area contributed by atoms with Crippen LogP contribution in [0.1, 0.15) is 52.4 Å². The van der Waals surface area contributed by atoms with Crippen molar-refractivity contribution < 1.29 is 0 Å². The molecule has 0 bridgehead atoms. The van der Waals surface area contributed by atoms with Gasteiger partial charge in [0.2, 0.25) is 0 Å². The second-order valence-corrected chi connectivity index (χ2v) is 5.59. The van der Waals surface area contributed by atoms with Crippen LogP contribution >= 0.6 is 0 Å². The lowest BCUT2D eigenvalue weighted by Crippen LogP contribution is -2.35. The monoisotopic (exact) mass is 195 g/mol. The molecule has 14 heavy (non-hydrogen) atoms. The zero-order chi connectivity index (χ0) is 9.97. The molecule has 0 amide bonds. The molecule has 0 radical (unpaired) electrons. The minimum atomic E-state index is 0.836. The van der Waals surface area contributed by atoms with Gasteiger partial charge in [-0.15, -0.1) is 0 Å². The highest BCUT2D eigenvalue weighted by Gasteiger charge is 2.27. The van der Waals surface area contributed by atoms with Crippen molar-refractivity contribution in [3.8, 4) is 0 Å². The average molecular weight is 195 g/mol. The Bertz CT molecular complexity index is 158. The van der Waals surface area contributed by atoms with Crippen LogP contribution in [0, 0.1) is 17.8 Å². The summed E-state index contributed by atoms with van der Waals surface area (Å²) in [4.78, 5) is 0. The minimum absolute atomic E-state index is 0.836. The standard InChI is InChI=1S/C13H25N/c1-10-5-3-7-12(10)9-14-13-8-4-6-11(13)2/h10-14H,3-9H2,1-2H3. The van der Waals surface area contributed by atoms with Crippen molar-refractivity contribution in [3.63, 3.8) is 0 Å². The molecule has 82 valence electrons. The van der Waals surface area contributed by atoms with Crippen molar-refractivity contribution in [2.45, 2.75) is 58.4 Å². The van der Waals surface area contributed by atoms with E-state index in [0.717, 1.165) is 23.8 Å². The van der Waals surface area contributed by atoms with Crippen LogP contribution in [-0.4, -0.2) is 12.6 Å². The van der Waals surface area contributed by atoms with Gasteiger partial charge in [-0.1, -0.05) is 33.1 Å². The SMILES string of the molecule is CC1CCCC1CNC1CCCC1C. The molecular formula is C13H25N. The summed E-state index contributed by atoms with van der Waals surface area (Å²) in [5, 5.41) is 3.80. The summed E-state index contributed by atoms with van der Waals surface area (Å²) in [5.74, 6) is 2.87. The molecule has 1 nitrogen and oxygen atoms in total. The van der Waals surface area contributed by atoms with E-state index in [0.29, 0.717) is 0 Å². The second kappa shape index (κ2) is 4.65. The zero-order valence-electron chi connectivity index (χ0n) is 9.76. The van der Waals surface area contributed by atoms with Gasteiger partial charge >= 0.3 is 0 Å². The molecule has 2 fully saturated rings. The Kier molecular flexibility index (Phi) is 3.48. The van der Waals surface area contributed by atoms with E-state index in [2.05, 4.69) is 19.2 Å². The van der Waals surface area contributed by atoms with E-state index in [1.54, 1.807) is 0 Å². The van der Waals surface area contributed by atoms with Crippen molar-refractivity contribution in [2.75, 3.05) is 6.54 Å². The highest BCUT2D eigenvalue weighted by atomic mass is 14.9. The molecule has 4 unspecified atom stereocenters. The van der Waals surface area contributed by atoms with Crippen LogP contribution in [0.25, 0.3) is 0 Å². The molecule has 0 aliphatic heterocycles. The zero-order valence-corrected chi connectivity index (χ0v) is 9.76. The fourth-order valence-electron chi connectivity index (χ4n) is 3.28. The molecule has 2 rings (SSSR count). The molecule has 2 aliphatic rings. The molecule has 0 heterocycles. The second-order valence-electron chi connectivity index (χ2n) is 5.59. The van der Waals surface area contributed by atoms with Gasteiger partial charge in [0.05, 0.1) is 0 Å². The van der Waals surface area contributed by atoms with Gasteiger partial charge in [-0.05, 0) is 43.6 Å². The predicted molar refractivity (Wildman–Crippen MR) is 61.3 cm³/mol. The maximum atomic E-state index is 3.80. The largest absolute Gasteiger partial charge is 0.313 e. The quantitative estimate of drug-likeness (QED) is 0.729. The lowest BCUT2D eigenvalue weighted by Gasteiger charge is -2.22. The Morgan fingerprint density at radius 2 is 1.64 bits per heavy atom. The van der Waals surface area contributed by atoms with Crippen molar-refractivity contribution >= 4 is 0 Å². The Hall–Kier alpha value is -0.0400. The van der Waals surface area contributed by atoms with Crippen LogP contribution in [0.3, 0.4) is 0 Å². The molecule has 0 aromatic heterocycles.